The summed E-state index contributed by atoms with van der Waals surface area (Å²) in [6.45, 7) is 4.17. The highest BCUT2D eigenvalue weighted by molar-refractivity contribution is 5.97. The number of benzene rings is 1. The van der Waals surface area contributed by atoms with Crippen molar-refractivity contribution in [3.05, 3.63) is 52.4 Å². The van der Waals surface area contributed by atoms with E-state index in [1.54, 1.807) is 12.1 Å². The number of hydrogen-bond acceptors (Lipinski definition) is 5. The van der Waals surface area contributed by atoms with Gasteiger partial charge in [-0.05, 0) is 63.3 Å². The fourth-order valence-electron chi connectivity index (χ4n) is 4.40. The SMILES string of the molecule is COC(=O)c1cc(/C=C2/C(=O)O[C@H]3[C@H]2CC/C(C)=C/CC[C@@]2(C)O[C@@H]32)ccc1F. The molecule has 0 saturated carbocycles. The quantitative estimate of drug-likeness (QED) is 0.322. The van der Waals surface area contributed by atoms with Crippen molar-refractivity contribution in [3.8, 4) is 0 Å². The van der Waals surface area contributed by atoms with Gasteiger partial charge in [-0.15, -0.1) is 0 Å². The molecule has 2 fully saturated rings. The molecule has 0 aromatic heterocycles. The Morgan fingerprint density at radius 1 is 1.38 bits per heavy atom. The predicted octanol–water partition coefficient (Wildman–Crippen LogP) is 4.22. The number of allylic oxidation sites excluding steroid dienone is 2. The van der Waals surface area contributed by atoms with Crippen molar-refractivity contribution < 1.29 is 28.2 Å². The first-order valence-corrected chi connectivity index (χ1v) is 9.96. The van der Waals surface area contributed by atoms with Gasteiger partial charge in [-0.2, -0.15) is 0 Å². The summed E-state index contributed by atoms with van der Waals surface area (Å²) in [4.78, 5) is 24.5. The van der Waals surface area contributed by atoms with Crippen LogP contribution in [-0.2, 0) is 19.0 Å². The number of halogens is 1. The van der Waals surface area contributed by atoms with E-state index in [0.717, 1.165) is 25.7 Å². The molecule has 5 nitrogen and oxygen atoms in total. The maximum Gasteiger partial charge on any atom is 0.340 e. The smallest absolute Gasteiger partial charge is 0.340 e. The molecule has 154 valence electrons. The van der Waals surface area contributed by atoms with Gasteiger partial charge < -0.3 is 14.2 Å². The molecule has 2 saturated heterocycles. The summed E-state index contributed by atoms with van der Waals surface area (Å²) in [7, 11) is 1.20. The molecule has 1 aromatic rings. The molecule has 1 aliphatic carbocycles. The average molecular weight is 400 g/mol. The maximum atomic E-state index is 14.0. The van der Waals surface area contributed by atoms with Gasteiger partial charge in [-0.1, -0.05) is 17.7 Å². The van der Waals surface area contributed by atoms with E-state index in [4.69, 9.17) is 9.47 Å². The van der Waals surface area contributed by atoms with Gasteiger partial charge in [-0.3, -0.25) is 0 Å². The molecule has 6 heteroatoms. The fourth-order valence-corrected chi connectivity index (χ4v) is 4.40. The van der Waals surface area contributed by atoms with Crippen molar-refractivity contribution in [1.29, 1.82) is 0 Å². The summed E-state index contributed by atoms with van der Waals surface area (Å²) in [5, 5.41) is 0. The third-order valence-corrected chi connectivity index (χ3v) is 6.22. The van der Waals surface area contributed by atoms with Gasteiger partial charge >= 0.3 is 11.9 Å². The number of carbonyl (C=O) groups is 2. The van der Waals surface area contributed by atoms with Gasteiger partial charge in [0.2, 0.25) is 0 Å². The van der Waals surface area contributed by atoms with Crippen LogP contribution in [0, 0.1) is 11.7 Å². The lowest BCUT2D eigenvalue weighted by Crippen LogP contribution is -2.28. The molecule has 1 aromatic carbocycles. The van der Waals surface area contributed by atoms with Crippen LogP contribution >= 0.6 is 0 Å². The molecular formula is C23H25FO5. The van der Waals surface area contributed by atoms with Crippen LogP contribution in [0.3, 0.4) is 0 Å². The molecule has 2 aliphatic heterocycles. The molecule has 0 spiro atoms. The Kier molecular flexibility index (Phi) is 5.07. The van der Waals surface area contributed by atoms with E-state index < -0.39 is 11.8 Å². The second-order valence-corrected chi connectivity index (χ2v) is 8.29. The summed E-state index contributed by atoms with van der Waals surface area (Å²) in [6, 6.07) is 4.15. The minimum absolute atomic E-state index is 0.104. The van der Waals surface area contributed by atoms with E-state index in [0.29, 0.717) is 11.1 Å². The van der Waals surface area contributed by atoms with Crippen molar-refractivity contribution in [3.63, 3.8) is 0 Å². The summed E-state index contributed by atoms with van der Waals surface area (Å²) >= 11 is 0. The normalized spacial score (nSPS) is 34.5. The molecule has 0 radical (unpaired) electrons. The van der Waals surface area contributed by atoms with Gasteiger partial charge in [0.25, 0.3) is 0 Å². The largest absolute Gasteiger partial charge is 0.465 e. The van der Waals surface area contributed by atoms with Crippen LogP contribution in [0.4, 0.5) is 4.39 Å². The van der Waals surface area contributed by atoms with E-state index in [-0.39, 0.29) is 35.3 Å². The fraction of sp³-hybridized carbons (Fsp3) is 0.478. The van der Waals surface area contributed by atoms with Crippen LogP contribution in [-0.4, -0.2) is 36.9 Å². The van der Waals surface area contributed by atoms with E-state index in [1.165, 1.54) is 24.8 Å². The highest BCUT2D eigenvalue weighted by atomic mass is 19.1. The molecule has 4 atom stereocenters. The van der Waals surface area contributed by atoms with E-state index in [1.807, 2.05) is 0 Å². The van der Waals surface area contributed by atoms with Gasteiger partial charge in [0.15, 0.2) is 0 Å². The third-order valence-electron chi connectivity index (χ3n) is 6.22. The molecule has 29 heavy (non-hydrogen) atoms. The van der Waals surface area contributed by atoms with Gasteiger partial charge in [-0.25, -0.2) is 14.0 Å². The molecule has 2 heterocycles. The van der Waals surface area contributed by atoms with Crippen LogP contribution in [0.15, 0.2) is 35.4 Å². The summed E-state index contributed by atoms with van der Waals surface area (Å²) < 4.78 is 30.3. The summed E-state index contributed by atoms with van der Waals surface area (Å²) in [5.41, 5.74) is 1.97. The van der Waals surface area contributed by atoms with Gasteiger partial charge in [0, 0.05) is 11.5 Å². The number of methoxy groups -OCH3 is 1. The summed E-state index contributed by atoms with van der Waals surface area (Å²) in [6.07, 6.45) is 7.02. The minimum atomic E-state index is -0.753. The number of ether oxygens (including phenoxy) is 3. The van der Waals surface area contributed by atoms with E-state index in [2.05, 4.69) is 24.7 Å². The van der Waals surface area contributed by atoms with Gasteiger partial charge in [0.05, 0.1) is 18.3 Å². The van der Waals surface area contributed by atoms with Crippen molar-refractivity contribution in [2.45, 2.75) is 57.3 Å². The van der Waals surface area contributed by atoms with Gasteiger partial charge in [0.1, 0.15) is 18.0 Å². The molecule has 0 N–H and O–H groups in total. The van der Waals surface area contributed by atoms with E-state index in [9.17, 15) is 14.0 Å². The first-order chi connectivity index (χ1) is 13.8. The summed E-state index contributed by atoms with van der Waals surface area (Å²) in [5.74, 6) is -1.89. The first kappa shape index (κ1) is 19.8. The zero-order chi connectivity index (χ0) is 20.8. The number of esters is 2. The Labute approximate surface area is 169 Å². The lowest BCUT2D eigenvalue weighted by Gasteiger charge is -2.19. The molecular weight excluding hydrogens is 375 g/mol. The minimum Gasteiger partial charge on any atom is -0.465 e. The number of fused-ring (bicyclic) bond motifs is 3. The molecule has 3 aliphatic rings. The zero-order valence-corrected chi connectivity index (χ0v) is 16.9. The second-order valence-electron chi connectivity index (χ2n) is 8.29. The number of rotatable bonds is 2. The molecule has 0 unspecified atom stereocenters. The Morgan fingerprint density at radius 3 is 2.93 bits per heavy atom. The standard InChI is InChI=1S/C23H25FO5/c1-13-5-4-10-23(2)20(29-23)19-15(8-6-13)16(22(26)28-19)11-14-7-9-18(24)17(12-14)21(25)27-3/h5,7,9,11-12,15,19-20H,4,6,8,10H2,1-3H3/b13-5+,16-11+/t15-,19-,20-,23+/m0/s1. The monoisotopic (exact) mass is 400 g/mol. The Bertz CT molecular complexity index is 918. The van der Waals surface area contributed by atoms with E-state index >= 15 is 0 Å². The lowest BCUT2D eigenvalue weighted by molar-refractivity contribution is -0.139. The molecule has 4 rings (SSSR count). The number of hydrogen-bond donors (Lipinski definition) is 0. The predicted molar refractivity (Wildman–Crippen MR) is 105 cm³/mol. The molecule has 0 bridgehead atoms. The third kappa shape index (κ3) is 3.73. The highest BCUT2D eigenvalue weighted by Gasteiger charge is 2.61. The van der Waals surface area contributed by atoms with Crippen LogP contribution < -0.4 is 0 Å². The van der Waals surface area contributed by atoms with Crippen LogP contribution in [0.2, 0.25) is 0 Å². The van der Waals surface area contributed by atoms with Crippen molar-refractivity contribution in [2.75, 3.05) is 7.11 Å². The topological polar surface area (TPSA) is 65.1 Å². The average Bonchev–Trinajstić information content (AvgIpc) is 3.27. The Balaban J connectivity index is 1.68. The lowest BCUT2D eigenvalue weighted by atomic mass is 9.83. The van der Waals surface area contributed by atoms with Crippen LogP contribution in [0.5, 0.6) is 0 Å². The second kappa shape index (κ2) is 7.41. The Hall–Kier alpha value is -2.47. The molecule has 0 amide bonds. The van der Waals surface area contributed by atoms with Crippen LogP contribution in [0.25, 0.3) is 6.08 Å². The van der Waals surface area contributed by atoms with Crippen LogP contribution in [0.1, 0.15) is 55.5 Å². The van der Waals surface area contributed by atoms with Crippen molar-refractivity contribution >= 4 is 18.0 Å². The highest BCUT2D eigenvalue weighted by Crippen LogP contribution is 2.50. The van der Waals surface area contributed by atoms with Crippen molar-refractivity contribution in [1.82, 2.24) is 0 Å². The number of epoxide rings is 1. The Morgan fingerprint density at radius 2 is 2.17 bits per heavy atom. The number of carbonyl (C=O) groups excluding carboxylic acids is 2. The first-order valence-electron chi connectivity index (χ1n) is 9.96. The van der Waals surface area contributed by atoms with Crippen molar-refractivity contribution in [2.24, 2.45) is 5.92 Å². The maximum absolute atomic E-state index is 14.0. The zero-order valence-electron chi connectivity index (χ0n) is 16.9.